The monoisotopic (exact) mass is 480 g/mol. The summed E-state index contributed by atoms with van der Waals surface area (Å²) in [5, 5.41) is 10.9. The minimum Gasteiger partial charge on any atom is -0.353 e. The molecule has 9 nitrogen and oxygen atoms in total. The Hall–Kier alpha value is -3.23. The molecule has 0 aromatic carbocycles. The van der Waals surface area contributed by atoms with Gasteiger partial charge in [0.05, 0.1) is 0 Å². The van der Waals surface area contributed by atoms with E-state index >= 15 is 0 Å². The zero-order chi connectivity index (χ0) is 24.8. The predicted octanol–water partition coefficient (Wildman–Crippen LogP) is 2.35. The average molecular weight is 481 g/mol. The fraction of sp³-hybridized carbons (Fsp3) is 0.577. The summed E-state index contributed by atoms with van der Waals surface area (Å²) in [4.78, 5) is 44.6. The van der Waals surface area contributed by atoms with Crippen LogP contribution in [0.5, 0.6) is 0 Å². The van der Waals surface area contributed by atoms with Crippen molar-refractivity contribution in [2.75, 3.05) is 19.6 Å². The quantitative estimate of drug-likeness (QED) is 0.698. The molecule has 0 spiro atoms. The highest BCUT2D eigenvalue weighted by Crippen LogP contribution is 2.26. The molecule has 2 bridgehead atoms. The van der Waals surface area contributed by atoms with Gasteiger partial charge < -0.3 is 15.5 Å². The van der Waals surface area contributed by atoms with E-state index in [-0.39, 0.29) is 23.8 Å². The molecule has 2 N–H and O–H groups in total. The fourth-order valence-corrected chi connectivity index (χ4v) is 4.84. The van der Waals surface area contributed by atoms with E-state index in [4.69, 9.17) is 5.10 Å². The topological polar surface area (TPSA) is 109 Å². The molecule has 0 fully saturated rings. The Morgan fingerprint density at radius 2 is 1.91 bits per heavy atom. The standard InChI is InChI=1S/C26H36N6O3/c1-18(2)10-16-32-22-7-6-20-17-21(22)24(30-32)25(34)28-11-4-15-31(14-3-5-23(33)29-20)26(35)19-8-12-27-13-9-19/h8-9,12-13,18,20H,3-7,10-11,14-17H2,1-2H3,(H,28,34)(H,29,33). The zero-order valence-electron chi connectivity index (χ0n) is 20.8. The third-order valence-corrected chi connectivity index (χ3v) is 6.78. The van der Waals surface area contributed by atoms with Crippen LogP contribution in [0.3, 0.4) is 0 Å². The molecule has 9 heteroatoms. The van der Waals surface area contributed by atoms with Gasteiger partial charge in [0, 0.05) is 67.9 Å². The van der Waals surface area contributed by atoms with Crippen molar-refractivity contribution in [3.63, 3.8) is 0 Å². The molecule has 2 aromatic rings. The summed E-state index contributed by atoms with van der Waals surface area (Å²) in [7, 11) is 0. The molecular formula is C26H36N6O3. The van der Waals surface area contributed by atoms with Crippen molar-refractivity contribution < 1.29 is 14.4 Å². The van der Waals surface area contributed by atoms with Crippen LogP contribution in [0.25, 0.3) is 0 Å². The molecule has 1 atom stereocenters. The summed E-state index contributed by atoms with van der Waals surface area (Å²) in [5.74, 6) is 0.266. The van der Waals surface area contributed by atoms with E-state index in [1.807, 2.05) is 4.68 Å². The molecule has 1 aliphatic heterocycles. The number of hydrogen-bond acceptors (Lipinski definition) is 5. The van der Waals surface area contributed by atoms with Gasteiger partial charge in [-0.1, -0.05) is 13.8 Å². The second-order valence-electron chi connectivity index (χ2n) is 9.93. The van der Waals surface area contributed by atoms with Crippen molar-refractivity contribution in [2.45, 2.75) is 71.4 Å². The van der Waals surface area contributed by atoms with Gasteiger partial charge in [0.25, 0.3) is 11.8 Å². The van der Waals surface area contributed by atoms with Gasteiger partial charge in [0.15, 0.2) is 5.69 Å². The largest absolute Gasteiger partial charge is 0.353 e. The van der Waals surface area contributed by atoms with Crippen LogP contribution in [0, 0.1) is 5.92 Å². The van der Waals surface area contributed by atoms with Crippen molar-refractivity contribution in [1.29, 1.82) is 0 Å². The second kappa shape index (κ2) is 11.5. The second-order valence-corrected chi connectivity index (χ2v) is 9.93. The zero-order valence-corrected chi connectivity index (χ0v) is 20.8. The average Bonchev–Trinajstić information content (AvgIpc) is 3.21. The molecule has 3 heterocycles. The lowest BCUT2D eigenvalue weighted by Gasteiger charge is -2.25. The summed E-state index contributed by atoms with van der Waals surface area (Å²) in [6, 6.07) is 3.38. The summed E-state index contributed by atoms with van der Waals surface area (Å²) < 4.78 is 2.00. The molecule has 3 amide bonds. The normalized spacial score (nSPS) is 19.5. The lowest BCUT2D eigenvalue weighted by atomic mass is 9.91. The fourth-order valence-electron chi connectivity index (χ4n) is 4.84. The van der Waals surface area contributed by atoms with E-state index in [0.717, 1.165) is 37.1 Å². The number of nitrogens with zero attached hydrogens (tertiary/aromatic N) is 4. The van der Waals surface area contributed by atoms with Crippen molar-refractivity contribution in [1.82, 2.24) is 30.3 Å². The number of carbonyl (C=O) groups excluding carboxylic acids is 3. The number of hydrogen-bond donors (Lipinski definition) is 2. The number of rotatable bonds is 4. The molecule has 188 valence electrons. The lowest BCUT2D eigenvalue weighted by Crippen LogP contribution is -2.40. The van der Waals surface area contributed by atoms with E-state index in [0.29, 0.717) is 62.5 Å². The van der Waals surface area contributed by atoms with Gasteiger partial charge in [0.2, 0.25) is 5.91 Å². The van der Waals surface area contributed by atoms with Gasteiger partial charge in [-0.15, -0.1) is 0 Å². The Balaban J connectivity index is 1.52. The van der Waals surface area contributed by atoms with E-state index in [9.17, 15) is 14.4 Å². The van der Waals surface area contributed by atoms with E-state index < -0.39 is 0 Å². The van der Waals surface area contributed by atoms with Gasteiger partial charge in [-0.3, -0.25) is 24.0 Å². The predicted molar refractivity (Wildman–Crippen MR) is 132 cm³/mol. The number of carbonyl (C=O) groups is 3. The molecule has 2 aliphatic rings. The number of aromatic nitrogens is 3. The van der Waals surface area contributed by atoms with Crippen LogP contribution in [0.4, 0.5) is 0 Å². The van der Waals surface area contributed by atoms with Crippen molar-refractivity contribution in [2.24, 2.45) is 5.92 Å². The van der Waals surface area contributed by atoms with Gasteiger partial charge in [-0.2, -0.15) is 5.10 Å². The van der Waals surface area contributed by atoms with E-state index in [1.165, 1.54) is 0 Å². The first-order valence-corrected chi connectivity index (χ1v) is 12.8. The molecule has 2 aromatic heterocycles. The SMILES string of the molecule is CC(C)CCn1nc2c3c1CCC(C3)NC(=O)CCCN(C(=O)c1ccncc1)CCCNC2=O. The molecule has 0 saturated carbocycles. The van der Waals surface area contributed by atoms with Gasteiger partial charge >= 0.3 is 0 Å². The Morgan fingerprint density at radius 1 is 1.14 bits per heavy atom. The van der Waals surface area contributed by atoms with E-state index in [1.54, 1.807) is 29.4 Å². The molecule has 35 heavy (non-hydrogen) atoms. The molecular weight excluding hydrogens is 444 g/mol. The first-order chi connectivity index (χ1) is 16.9. The smallest absolute Gasteiger partial charge is 0.272 e. The van der Waals surface area contributed by atoms with Crippen molar-refractivity contribution >= 4 is 17.7 Å². The van der Waals surface area contributed by atoms with Crippen LogP contribution in [-0.4, -0.2) is 63.1 Å². The van der Waals surface area contributed by atoms with Crippen LogP contribution >= 0.6 is 0 Å². The van der Waals surface area contributed by atoms with Crippen LogP contribution in [0.1, 0.15) is 78.1 Å². The number of amides is 3. The van der Waals surface area contributed by atoms with Crippen LogP contribution in [0.2, 0.25) is 0 Å². The lowest BCUT2D eigenvalue weighted by molar-refractivity contribution is -0.122. The molecule has 1 aliphatic carbocycles. The van der Waals surface area contributed by atoms with Gasteiger partial charge in [-0.05, 0) is 56.6 Å². The minimum atomic E-state index is -0.182. The molecule has 0 saturated heterocycles. The highest BCUT2D eigenvalue weighted by Gasteiger charge is 2.30. The molecule has 0 radical (unpaired) electrons. The van der Waals surface area contributed by atoms with Gasteiger partial charge in [0.1, 0.15) is 0 Å². The van der Waals surface area contributed by atoms with Crippen molar-refractivity contribution in [3.05, 3.63) is 47.0 Å². The maximum atomic E-state index is 13.1. The Bertz CT molecular complexity index is 1050. The van der Waals surface area contributed by atoms with Crippen LogP contribution in [0.15, 0.2) is 24.5 Å². The summed E-state index contributed by atoms with van der Waals surface area (Å²) >= 11 is 0. The highest BCUT2D eigenvalue weighted by atomic mass is 16.2. The summed E-state index contributed by atoms with van der Waals surface area (Å²) in [5.41, 5.74) is 3.13. The Morgan fingerprint density at radius 3 is 2.69 bits per heavy atom. The first-order valence-electron chi connectivity index (χ1n) is 12.8. The Labute approximate surface area is 206 Å². The molecule has 4 rings (SSSR count). The Kier molecular flexibility index (Phi) is 8.15. The first kappa shape index (κ1) is 24.9. The number of fused-ring (bicyclic) bond motifs is 1. The minimum absolute atomic E-state index is 0.0102. The molecule has 1 unspecified atom stereocenters. The summed E-state index contributed by atoms with van der Waals surface area (Å²) in [6.07, 6.45) is 8.02. The maximum absolute atomic E-state index is 13.1. The highest BCUT2D eigenvalue weighted by molar-refractivity contribution is 5.94. The van der Waals surface area contributed by atoms with E-state index in [2.05, 4.69) is 29.5 Å². The van der Waals surface area contributed by atoms with Crippen molar-refractivity contribution in [3.8, 4) is 0 Å². The van der Waals surface area contributed by atoms with Crippen LogP contribution < -0.4 is 10.6 Å². The van der Waals surface area contributed by atoms with Gasteiger partial charge in [-0.25, -0.2) is 0 Å². The number of aryl methyl sites for hydroxylation is 1. The maximum Gasteiger partial charge on any atom is 0.272 e. The number of pyridine rings is 1. The third kappa shape index (κ3) is 6.26. The third-order valence-electron chi connectivity index (χ3n) is 6.78. The van der Waals surface area contributed by atoms with Crippen LogP contribution in [-0.2, 0) is 24.2 Å². The number of nitrogens with one attached hydrogen (secondary N) is 2. The summed E-state index contributed by atoms with van der Waals surface area (Å²) in [6.45, 7) is 6.58.